The van der Waals surface area contributed by atoms with Gasteiger partial charge in [0.2, 0.25) is 0 Å². The Morgan fingerprint density at radius 2 is 2.12 bits per heavy atom. The molecule has 1 aromatic heterocycles. The summed E-state index contributed by atoms with van der Waals surface area (Å²) in [5.41, 5.74) is 2.28. The zero-order valence-corrected chi connectivity index (χ0v) is 15.9. The molecule has 0 bridgehead atoms. The zero-order valence-electron chi connectivity index (χ0n) is 15.9. The summed E-state index contributed by atoms with van der Waals surface area (Å²) in [5.74, 6) is 0.878. The monoisotopic (exact) mass is 354 g/mol. The van der Waals surface area contributed by atoms with E-state index in [4.69, 9.17) is 0 Å². The van der Waals surface area contributed by atoms with Gasteiger partial charge in [-0.15, -0.1) is 0 Å². The summed E-state index contributed by atoms with van der Waals surface area (Å²) >= 11 is 0. The average Bonchev–Trinajstić information content (AvgIpc) is 3.22. The van der Waals surface area contributed by atoms with Crippen LogP contribution in [0.15, 0.2) is 47.7 Å². The molecule has 1 aliphatic heterocycles. The number of aliphatic imine (C=N–C) groups is 1. The lowest BCUT2D eigenvalue weighted by atomic mass is 10.1. The standard InChI is InChI=1S/C20H30N6/c1-3-11-25-13-8-18(9-14-25)24-20(21-2)22-16-17-6-4-7-19(15-17)26-12-5-10-23-26/h4-7,10,12,15,18H,3,8-9,11,13-14,16H2,1-2H3,(H2,21,22,24). The number of likely N-dealkylation sites (tertiary alicyclic amines) is 1. The first-order valence-electron chi connectivity index (χ1n) is 9.57. The van der Waals surface area contributed by atoms with Crippen LogP contribution in [0.5, 0.6) is 0 Å². The number of hydrogen-bond acceptors (Lipinski definition) is 3. The highest BCUT2D eigenvalue weighted by molar-refractivity contribution is 5.80. The quantitative estimate of drug-likeness (QED) is 0.618. The number of rotatable bonds is 6. The summed E-state index contributed by atoms with van der Waals surface area (Å²) in [6, 6.07) is 10.8. The second kappa shape index (κ2) is 9.38. The van der Waals surface area contributed by atoms with E-state index in [1.54, 1.807) is 6.20 Å². The van der Waals surface area contributed by atoms with Crippen LogP contribution in [0.3, 0.4) is 0 Å². The Bertz CT molecular complexity index is 686. The number of hydrogen-bond donors (Lipinski definition) is 2. The lowest BCUT2D eigenvalue weighted by molar-refractivity contribution is 0.206. The van der Waals surface area contributed by atoms with Crippen LogP contribution in [0.2, 0.25) is 0 Å². The van der Waals surface area contributed by atoms with Crippen molar-refractivity contribution >= 4 is 5.96 Å². The van der Waals surface area contributed by atoms with Gasteiger partial charge in [-0.1, -0.05) is 19.1 Å². The summed E-state index contributed by atoms with van der Waals surface area (Å²) in [6.45, 7) is 6.55. The Hall–Kier alpha value is -2.34. The topological polar surface area (TPSA) is 57.5 Å². The number of guanidine groups is 1. The Labute approximate surface area is 156 Å². The van der Waals surface area contributed by atoms with E-state index in [1.165, 1.54) is 44.5 Å². The molecule has 1 aliphatic rings. The minimum Gasteiger partial charge on any atom is -0.354 e. The van der Waals surface area contributed by atoms with Gasteiger partial charge in [-0.2, -0.15) is 5.10 Å². The van der Waals surface area contributed by atoms with Gasteiger partial charge >= 0.3 is 0 Å². The number of piperidine rings is 1. The van der Waals surface area contributed by atoms with E-state index in [9.17, 15) is 0 Å². The van der Waals surface area contributed by atoms with E-state index in [0.29, 0.717) is 6.04 Å². The molecule has 1 aromatic carbocycles. The van der Waals surface area contributed by atoms with Gasteiger partial charge in [0.05, 0.1) is 5.69 Å². The maximum absolute atomic E-state index is 4.39. The third-order valence-electron chi connectivity index (χ3n) is 4.83. The molecule has 1 saturated heterocycles. The first kappa shape index (κ1) is 18.5. The number of benzene rings is 1. The summed E-state index contributed by atoms with van der Waals surface area (Å²) in [7, 11) is 1.84. The lowest BCUT2D eigenvalue weighted by Crippen LogP contribution is -2.48. The van der Waals surface area contributed by atoms with E-state index in [2.05, 4.69) is 56.8 Å². The van der Waals surface area contributed by atoms with Gasteiger partial charge in [-0.05, 0) is 49.6 Å². The van der Waals surface area contributed by atoms with Crippen LogP contribution in [0.1, 0.15) is 31.7 Å². The molecule has 6 heteroatoms. The minimum absolute atomic E-state index is 0.504. The Balaban J connectivity index is 1.50. The molecule has 3 rings (SSSR count). The molecule has 0 spiro atoms. The van der Waals surface area contributed by atoms with Gasteiger partial charge in [0, 0.05) is 45.1 Å². The zero-order chi connectivity index (χ0) is 18.2. The van der Waals surface area contributed by atoms with Gasteiger partial charge in [-0.3, -0.25) is 4.99 Å². The van der Waals surface area contributed by atoms with Crippen molar-refractivity contribution in [3.63, 3.8) is 0 Å². The van der Waals surface area contributed by atoms with Gasteiger partial charge in [0.1, 0.15) is 0 Å². The largest absolute Gasteiger partial charge is 0.354 e. The minimum atomic E-state index is 0.504. The Morgan fingerprint density at radius 3 is 2.81 bits per heavy atom. The van der Waals surface area contributed by atoms with Crippen LogP contribution in [0.4, 0.5) is 0 Å². The van der Waals surface area contributed by atoms with Crippen molar-refractivity contribution < 1.29 is 0 Å². The fourth-order valence-electron chi connectivity index (χ4n) is 3.42. The fraction of sp³-hybridized carbons (Fsp3) is 0.500. The van der Waals surface area contributed by atoms with Crippen molar-refractivity contribution in [3.05, 3.63) is 48.3 Å². The molecule has 140 valence electrons. The van der Waals surface area contributed by atoms with E-state index in [1.807, 2.05) is 24.0 Å². The second-order valence-corrected chi connectivity index (χ2v) is 6.81. The molecule has 0 aliphatic carbocycles. The number of aromatic nitrogens is 2. The van der Waals surface area contributed by atoms with Crippen molar-refractivity contribution in [1.29, 1.82) is 0 Å². The second-order valence-electron chi connectivity index (χ2n) is 6.81. The molecule has 6 nitrogen and oxygen atoms in total. The summed E-state index contributed by atoms with van der Waals surface area (Å²) in [6.07, 6.45) is 7.34. The van der Waals surface area contributed by atoms with E-state index in [-0.39, 0.29) is 0 Å². The summed E-state index contributed by atoms with van der Waals surface area (Å²) < 4.78 is 1.88. The van der Waals surface area contributed by atoms with Crippen LogP contribution in [-0.2, 0) is 6.54 Å². The van der Waals surface area contributed by atoms with Crippen LogP contribution in [0.25, 0.3) is 5.69 Å². The molecule has 0 atom stereocenters. The molecular formula is C20H30N6. The third-order valence-corrected chi connectivity index (χ3v) is 4.83. The molecular weight excluding hydrogens is 324 g/mol. The Morgan fingerprint density at radius 1 is 1.27 bits per heavy atom. The molecule has 2 aromatic rings. The van der Waals surface area contributed by atoms with Crippen molar-refractivity contribution in [1.82, 2.24) is 25.3 Å². The molecule has 1 fully saturated rings. The predicted octanol–water partition coefficient (Wildman–Crippen LogP) is 2.41. The summed E-state index contributed by atoms with van der Waals surface area (Å²) in [4.78, 5) is 6.94. The molecule has 2 heterocycles. The smallest absolute Gasteiger partial charge is 0.191 e. The molecule has 0 unspecified atom stereocenters. The van der Waals surface area contributed by atoms with Crippen molar-refractivity contribution in [2.45, 2.75) is 38.8 Å². The first-order valence-corrected chi connectivity index (χ1v) is 9.57. The highest BCUT2D eigenvalue weighted by atomic mass is 15.3. The number of nitrogens with zero attached hydrogens (tertiary/aromatic N) is 4. The predicted molar refractivity (Wildman–Crippen MR) is 107 cm³/mol. The SMILES string of the molecule is CCCN1CCC(NC(=NC)NCc2cccc(-n3cccn3)c2)CC1. The van der Waals surface area contributed by atoms with Crippen LogP contribution in [-0.4, -0.2) is 53.4 Å². The molecule has 0 saturated carbocycles. The van der Waals surface area contributed by atoms with Gasteiger partial charge in [0.25, 0.3) is 0 Å². The highest BCUT2D eigenvalue weighted by Gasteiger charge is 2.19. The third kappa shape index (κ3) is 5.08. The Kier molecular flexibility index (Phi) is 6.66. The lowest BCUT2D eigenvalue weighted by Gasteiger charge is -2.32. The van der Waals surface area contributed by atoms with Crippen molar-refractivity contribution in [2.75, 3.05) is 26.7 Å². The van der Waals surface area contributed by atoms with Gasteiger partial charge < -0.3 is 15.5 Å². The molecule has 26 heavy (non-hydrogen) atoms. The normalized spacial score (nSPS) is 16.6. The fourth-order valence-corrected chi connectivity index (χ4v) is 3.42. The van der Waals surface area contributed by atoms with Gasteiger partial charge in [-0.25, -0.2) is 4.68 Å². The highest BCUT2D eigenvalue weighted by Crippen LogP contribution is 2.11. The first-order chi connectivity index (χ1) is 12.8. The van der Waals surface area contributed by atoms with E-state index in [0.717, 1.165) is 18.2 Å². The van der Waals surface area contributed by atoms with E-state index >= 15 is 0 Å². The van der Waals surface area contributed by atoms with Crippen molar-refractivity contribution in [2.24, 2.45) is 4.99 Å². The maximum Gasteiger partial charge on any atom is 0.191 e. The van der Waals surface area contributed by atoms with Crippen LogP contribution in [0, 0.1) is 0 Å². The van der Waals surface area contributed by atoms with Crippen LogP contribution >= 0.6 is 0 Å². The van der Waals surface area contributed by atoms with Crippen molar-refractivity contribution in [3.8, 4) is 5.69 Å². The molecule has 0 radical (unpaired) electrons. The van der Waals surface area contributed by atoms with Crippen LogP contribution < -0.4 is 10.6 Å². The molecule has 0 amide bonds. The maximum atomic E-state index is 4.39. The van der Waals surface area contributed by atoms with Gasteiger partial charge in [0.15, 0.2) is 5.96 Å². The molecule has 2 N–H and O–H groups in total. The average molecular weight is 355 g/mol. The number of nitrogens with one attached hydrogen (secondary N) is 2. The summed E-state index contributed by atoms with van der Waals surface area (Å²) in [5, 5.41) is 11.3. The van der Waals surface area contributed by atoms with E-state index < -0.39 is 0 Å².